The molecular weight excluding hydrogens is 346 g/mol. The highest BCUT2D eigenvalue weighted by atomic mass is 32.1. The van der Waals surface area contributed by atoms with Crippen LogP contribution in [0.25, 0.3) is 0 Å². The van der Waals surface area contributed by atoms with Crippen LogP contribution in [0.5, 0.6) is 0 Å². The number of thiophene rings is 1. The molecule has 0 bridgehead atoms. The summed E-state index contributed by atoms with van der Waals surface area (Å²) in [6.07, 6.45) is 2.66. The van der Waals surface area contributed by atoms with E-state index in [1.165, 1.54) is 17.8 Å². The fourth-order valence-electron chi connectivity index (χ4n) is 3.42. The van der Waals surface area contributed by atoms with Gasteiger partial charge < -0.3 is 19.9 Å². The molecular formula is C19H33N5OS. The van der Waals surface area contributed by atoms with Crippen molar-refractivity contribution in [2.24, 2.45) is 4.99 Å². The number of rotatable bonds is 9. The van der Waals surface area contributed by atoms with Crippen molar-refractivity contribution in [3.63, 3.8) is 0 Å². The summed E-state index contributed by atoms with van der Waals surface area (Å²) in [5.74, 6) is 1.07. The Bertz CT molecular complexity index is 538. The van der Waals surface area contributed by atoms with Crippen molar-refractivity contribution in [1.29, 1.82) is 0 Å². The van der Waals surface area contributed by atoms with Crippen LogP contribution in [0.3, 0.4) is 0 Å². The van der Waals surface area contributed by atoms with Gasteiger partial charge in [0.05, 0.1) is 18.2 Å². The molecule has 2 heterocycles. The Kier molecular flexibility index (Phi) is 7.58. The number of nitrogens with zero attached hydrogens (tertiary/aromatic N) is 4. The van der Waals surface area contributed by atoms with Gasteiger partial charge in [0.1, 0.15) is 0 Å². The molecule has 2 aliphatic rings. The first kappa shape index (κ1) is 19.5. The summed E-state index contributed by atoms with van der Waals surface area (Å²) in [5.41, 5.74) is 0. The van der Waals surface area contributed by atoms with Crippen molar-refractivity contribution < 1.29 is 4.74 Å². The minimum Gasteiger partial charge on any atom is -0.383 e. The SMILES string of the molecule is CCNC(=NCCN(CCOC)C1CC1)N1CCN(c2cccs2)CC1. The molecule has 0 atom stereocenters. The van der Waals surface area contributed by atoms with Crippen molar-refractivity contribution in [3.05, 3.63) is 17.5 Å². The van der Waals surface area contributed by atoms with Crippen LogP contribution in [0.1, 0.15) is 19.8 Å². The zero-order valence-electron chi connectivity index (χ0n) is 16.2. The molecule has 1 saturated carbocycles. The number of ether oxygens (including phenoxy) is 1. The highest BCUT2D eigenvalue weighted by Gasteiger charge is 2.28. The lowest BCUT2D eigenvalue weighted by Gasteiger charge is -2.37. The molecule has 1 saturated heterocycles. The number of anilines is 1. The fourth-order valence-corrected chi connectivity index (χ4v) is 4.21. The molecule has 3 rings (SSSR count). The van der Waals surface area contributed by atoms with Gasteiger partial charge in [-0.2, -0.15) is 0 Å². The predicted molar refractivity (Wildman–Crippen MR) is 111 cm³/mol. The van der Waals surface area contributed by atoms with E-state index in [4.69, 9.17) is 9.73 Å². The van der Waals surface area contributed by atoms with Gasteiger partial charge in [0.25, 0.3) is 0 Å². The lowest BCUT2D eigenvalue weighted by molar-refractivity contribution is 0.145. The molecule has 0 amide bonds. The quantitative estimate of drug-likeness (QED) is 0.525. The monoisotopic (exact) mass is 379 g/mol. The highest BCUT2D eigenvalue weighted by Crippen LogP contribution is 2.26. The average Bonchev–Trinajstić information content (AvgIpc) is 3.37. The first-order valence-electron chi connectivity index (χ1n) is 9.86. The van der Waals surface area contributed by atoms with Crippen molar-refractivity contribution in [2.75, 3.05) is 71.0 Å². The van der Waals surface area contributed by atoms with Gasteiger partial charge in [-0.25, -0.2) is 0 Å². The van der Waals surface area contributed by atoms with Gasteiger partial charge in [-0.05, 0) is 37.3 Å². The van der Waals surface area contributed by atoms with Gasteiger partial charge >= 0.3 is 0 Å². The Balaban J connectivity index is 1.49. The number of guanidine groups is 1. The Hall–Kier alpha value is -1.31. The van der Waals surface area contributed by atoms with Crippen LogP contribution in [0.15, 0.2) is 22.5 Å². The third-order valence-corrected chi connectivity index (χ3v) is 5.96. The molecule has 7 heteroatoms. The van der Waals surface area contributed by atoms with Gasteiger partial charge in [0.15, 0.2) is 5.96 Å². The van der Waals surface area contributed by atoms with Crippen molar-refractivity contribution in [2.45, 2.75) is 25.8 Å². The zero-order chi connectivity index (χ0) is 18.2. The molecule has 0 unspecified atom stereocenters. The molecule has 0 radical (unpaired) electrons. The summed E-state index contributed by atoms with van der Waals surface area (Å²) in [6, 6.07) is 5.11. The summed E-state index contributed by atoms with van der Waals surface area (Å²) in [4.78, 5) is 12.3. The van der Waals surface area contributed by atoms with E-state index >= 15 is 0 Å². The summed E-state index contributed by atoms with van der Waals surface area (Å²) in [7, 11) is 1.78. The number of hydrogen-bond donors (Lipinski definition) is 1. The van der Waals surface area contributed by atoms with Gasteiger partial charge in [-0.1, -0.05) is 0 Å². The Morgan fingerprint density at radius 2 is 2.12 bits per heavy atom. The van der Waals surface area contributed by atoms with Gasteiger partial charge in [0, 0.05) is 59.0 Å². The number of piperazine rings is 1. The van der Waals surface area contributed by atoms with E-state index in [0.717, 1.165) is 71.0 Å². The molecule has 6 nitrogen and oxygen atoms in total. The Morgan fingerprint density at radius 3 is 2.73 bits per heavy atom. The minimum atomic E-state index is 0.761. The maximum absolute atomic E-state index is 5.25. The van der Waals surface area contributed by atoms with Crippen LogP contribution < -0.4 is 10.2 Å². The van der Waals surface area contributed by atoms with Gasteiger partial charge in [-0.15, -0.1) is 11.3 Å². The largest absolute Gasteiger partial charge is 0.383 e. The van der Waals surface area contributed by atoms with Crippen LogP contribution in [-0.4, -0.2) is 87.9 Å². The van der Waals surface area contributed by atoms with E-state index in [9.17, 15) is 0 Å². The van der Waals surface area contributed by atoms with E-state index in [1.807, 2.05) is 11.3 Å². The molecule has 1 aromatic rings. The lowest BCUT2D eigenvalue weighted by atomic mass is 10.3. The summed E-state index contributed by atoms with van der Waals surface area (Å²) >= 11 is 1.83. The third kappa shape index (κ3) is 5.59. The van der Waals surface area contributed by atoms with Crippen molar-refractivity contribution in [1.82, 2.24) is 15.1 Å². The van der Waals surface area contributed by atoms with Crippen LogP contribution in [-0.2, 0) is 4.74 Å². The third-order valence-electron chi connectivity index (χ3n) is 5.03. The standard InChI is InChI=1S/C19H33N5OS/c1-3-20-19(21-8-9-22(14-15-25-2)17-6-7-17)24-12-10-23(11-13-24)18-5-4-16-26-18/h4-5,16-17H,3,6-15H2,1-2H3,(H,20,21). The van der Waals surface area contributed by atoms with E-state index in [2.05, 4.69) is 44.5 Å². The van der Waals surface area contributed by atoms with E-state index in [1.54, 1.807) is 7.11 Å². The number of methoxy groups -OCH3 is 1. The van der Waals surface area contributed by atoms with E-state index < -0.39 is 0 Å². The first-order valence-corrected chi connectivity index (χ1v) is 10.7. The molecule has 1 aromatic heterocycles. The molecule has 146 valence electrons. The maximum Gasteiger partial charge on any atom is 0.194 e. The van der Waals surface area contributed by atoms with Gasteiger partial charge in [0.2, 0.25) is 0 Å². The highest BCUT2D eigenvalue weighted by molar-refractivity contribution is 7.14. The summed E-state index contributed by atoms with van der Waals surface area (Å²) in [5, 5.41) is 7.02. The Labute approximate surface area is 161 Å². The number of nitrogens with one attached hydrogen (secondary N) is 1. The van der Waals surface area contributed by atoms with Gasteiger partial charge in [-0.3, -0.25) is 9.89 Å². The normalized spacial score (nSPS) is 18.7. The molecule has 1 aliphatic heterocycles. The van der Waals surface area contributed by atoms with E-state index in [0.29, 0.717) is 0 Å². The molecule has 26 heavy (non-hydrogen) atoms. The lowest BCUT2D eigenvalue weighted by Crippen LogP contribution is -2.52. The second kappa shape index (κ2) is 10.1. The van der Waals surface area contributed by atoms with Crippen LogP contribution >= 0.6 is 11.3 Å². The smallest absolute Gasteiger partial charge is 0.194 e. The maximum atomic E-state index is 5.25. The average molecular weight is 380 g/mol. The summed E-state index contributed by atoms with van der Waals surface area (Å²) in [6.45, 7) is 11.0. The van der Waals surface area contributed by atoms with Crippen molar-refractivity contribution in [3.8, 4) is 0 Å². The zero-order valence-corrected chi connectivity index (χ0v) is 17.0. The van der Waals surface area contributed by atoms with E-state index in [-0.39, 0.29) is 0 Å². The topological polar surface area (TPSA) is 43.3 Å². The molecule has 0 spiro atoms. The second-order valence-corrected chi connectivity index (χ2v) is 7.85. The van der Waals surface area contributed by atoms with Crippen LogP contribution in [0, 0.1) is 0 Å². The predicted octanol–water partition coefficient (Wildman–Crippen LogP) is 1.95. The molecule has 2 fully saturated rings. The number of hydrogen-bond acceptors (Lipinski definition) is 5. The fraction of sp³-hybridized carbons (Fsp3) is 0.737. The molecule has 1 aliphatic carbocycles. The summed E-state index contributed by atoms with van der Waals surface area (Å²) < 4.78 is 5.25. The number of aliphatic imine (C=N–C) groups is 1. The minimum absolute atomic E-state index is 0.761. The van der Waals surface area contributed by atoms with Crippen LogP contribution in [0.2, 0.25) is 0 Å². The molecule has 0 aromatic carbocycles. The first-order chi connectivity index (χ1) is 12.8. The Morgan fingerprint density at radius 1 is 1.31 bits per heavy atom. The second-order valence-electron chi connectivity index (χ2n) is 6.92. The molecule has 1 N–H and O–H groups in total. The van der Waals surface area contributed by atoms with Crippen LogP contribution in [0.4, 0.5) is 5.00 Å². The van der Waals surface area contributed by atoms with Crippen molar-refractivity contribution >= 4 is 22.3 Å².